The second-order valence-electron chi connectivity index (χ2n) is 5.01. The molecule has 0 bridgehead atoms. The number of rotatable bonds is 4. The lowest BCUT2D eigenvalue weighted by Gasteiger charge is -2.35. The van der Waals surface area contributed by atoms with Gasteiger partial charge in [-0.05, 0) is 36.8 Å². The zero-order chi connectivity index (χ0) is 13.1. The Balaban J connectivity index is 2.04. The van der Waals surface area contributed by atoms with Crippen LogP contribution in [0.5, 0.6) is 0 Å². The smallest absolute Gasteiger partial charge is 0.239 e. The fourth-order valence-corrected chi connectivity index (χ4v) is 3.53. The highest BCUT2D eigenvalue weighted by molar-refractivity contribution is 7.10. The number of carbonyl (C=O) groups excluding carboxylic acids is 1. The Morgan fingerprint density at radius 2 is 2.44 bits per heavy atom. The van der Waals surface area contributed by atoms with Crippen molar-refractivity contribution in [2.24, 2.45) is 5.73 Å². The molecule has 2 rings (SSSR count). The molecule has 2 heterocycles. The van der Waals surface area contributed by atoms with E-state index in [4.69, 9.17) is 5.73 Å². The summed E-state index contributed by atoms with van der Waals surface area (Å²) in [5.74, 6) is 0.118. The predicted molar refractivity (Wildman–Crippen MR) is 75.7 cm³/mol. The molecule has 2 atom stereocenters. The molecule has 4 heteroatoms. The van der Waals surface area contributed by atoms with Crippen LogP contribution >= 0.6 is 11.3 Å². The maximum Gasteiger partial charge on any atom is 0.239 e. The van der Waals surface area contributed by atoms with Crippen molar-refractivity contribution >= 4 is 17.2 Å². The number of nitrogens with two attached hydrogens (primary N) is 1. The van der Waals surface area contributed by atoms with Gasteiger partial charge < -0.3 is 10.6 Å². The standard InChI is InChI=1S/C14H22N2OS/c1-3-4-5-12(15)14(17)16-8-6-13-11(10(16)2)7-9-18-13/h7,9-10,12H,3-6,8,15H2,1-2H3/t10?,12-/m0/s1. The van der Waals surface area contributed by atoms with E-state index in [1.54, 1.807) is 11.3 Å². The van der Waals surface area contributed by atoms with Gasteiger partial charge in [-0.1, -0.05) is 19.8 Å². The summed E-state index contributed by atoms with van der Waals surface area (Å²) < 4.78 is 0. The van der Waals surface area contributed by atoms with Crippen LogP contribution in [0.3, 0.4) is 0 Å². The Hall–Kier alpha value is -0.870. The van der Waals surface area contributed by atoms with Gasteiger partial charge >= 0.3 is 0 Å². The topological polar surface area (TPSA) is 46.3 Å². The summed E-state index contributed by atoms with van der Waals surface area (Å²) >= 11 is 1.80. The van der Waals surface area contributed by atoms with Crippen LogP contribution in [0, 0.1) is 0 Å². The van der Waals surface area contributed by atoms with E-state index in [9.17, 15) is 4.79 Å². The monoisotopic (exact) mass is 266 g/mol. The molecule has 0 aromatic carbocycles. The van der Waals surface area contributed by atoms with Gasteiger partial charge in [0.2, 0.25) is 5.91 Å². The Kier molecular flexibility index (Phi) is 4.40. The van der Waals surface area contributed by atoms with E-state index >= 15 is 0 Å². The van der Waals surface area contributed by atoms with Crippen molar-refractivity contribution in [3.8, 4) is 0 Å². The molecule has 1 aliphatic rings. The molecule has 3 nitrogen and oxygen atoms in total. The average Bonchev–Trinajstić information content (AvgIpc) is 2.84. The molecule has 0 spiro atoms. The maximum absolute atomic E-state index is 12.4. The largest absolute Gasteiger partial charge is 0.334 e. The van der Waals surface area contributed by atoms with Crippen LogP contribution in [0.15, 0.2) is 11.4 Å². The first-order chi connectivity index (χ1) is 8.65. The fraction of sp³-hybridized carbons (Fsp3) is 0.643. The van der Waals surface area contributed by atoms with Gasteiger partial charge in [-0.2, -0.15) is 0 Å². The summed E-state index contributed by atoms with van der Waals surface area (Å²) in [6.45, 7) is 5.04. The Bertz CT molecular complexity index is 416. The van der Waals surface area contributed by atoms with Crippen LogP contribution < -0.4 is 5.73 Å². The number of amides is 1. The van der Waals surface area contributed by atoms with Gasteiger partial charge in [0.1, 0.15) is 0 Å². The Labute approximate surface area is 113 Å². The lowest BCUT2D eigenvalue weighted by Crippen LogP contribution is -2.47. The SMILES string of the molecule is CCCC[C@H](N)C(=O)N1CCc2sccc2C1C. The molecule has 2 N–H and O–H groups in total. The summed E-state index contributed by atoms with van der Waals surface area (Å²) in [7, 11) is 0. The molecule has 0 radical (unpaired) electrons. The minimum absolute atomic E-state index is 0.118. The molecule has 1 amide bonds. The van der Waals surface area contributed by atoms with Crippen molar-refractivity contribution in [3.63, 3.8) is 0 Å². The molecule has 0 aliphatic carbocycles. The molecular formula is C14H22N2OS. The number of hydrogen-bond donors (Lipinski definition) is 1. The fourth-order valence-electron chi connectivity index (χ4n) is 2.57. The zero-order valence-electron chi connectivity index (χ0n) is 11.2. The average molecular weight is 266 g/mol. The Morgan fingerprint density at radius 1 is 1.67 bits per heavy atom. The van der Waals surface area contributed by atoms with Crippen molar-refractivity contribution in [1.82, 2.24) is 4.90 Å². The van der Waals surface area contributed by atoms with E-state index in [0.717, 1.165) is 32.2 Å². The van der Waals surface area contributed by atoms with Gasteiger partial charge in [0.15, 0.2) is 0 Å². The van der Waals surface area contributed by atoms with Crippen molar-refractivity contribution in [1.29, 1.82) is 0 Å². The zero-order valence-corrected chi connectivity index (χ0v) is 12.0. The number of unbranched alkanes of at least 4 members (excludes halogenated alkanes) is 1. The summed E-state index contributed by atoms with van der Waals surface area (Å²) in [6, 6.07) is 1.99. The highest BCUT2D eigenvalue weighted by atomic mass is 32.1. The van der Waals surface area contributed by atoms with Gasteiger partial charge in [-0.25, -0.2) is 0 Å². The summed E-state index contributed by atoms with van der Waals surface area (Å²) in [5.41, 5.74) is 7.31. The van der Waals surface area contributed by atoms with Crippen LogP contribution in [-0.2, 0) is 11.2 Å². The summed E-state index contributed by atoms with van der Waals surface area (Å²) in [4.78, 5) is 15.7. The highest BCUT2D eigenvalue weighted by Crippen LogP contribution is 2.33. The molecule has 0 fully saturated rings. The first kappa shape index (κ1) is 13.6. The van der Waals surface area contributed by atoms with Crippen LogP contribution in [0.25, 0.3) is 0 Å². The molecule has 18 heavy (non-hydrogen) atoms. The number of thiophene rings is 1. The first-order valence-corrected chi connectivity index (χ1v) is 7.65. The third kappa shape index (κ3) is 2.59. The second kappa shape index (κ2) is 5.85. The summed E-state index contributed by atoms with van der Waals surface area (Å²) in [5, 5.41) is 2.12. The quantitative estimate of drug-likeness (QED) is 0.911. The lowest BCUT2D eigenvalue weighted by atomic mass is 9.99. The van der Waals surface area contributed by atoms with Crippen molar-refractivity contribution in [2.75, 3.05) is 6.54 Å². The van der Waals surface area contributed by atoms with E-state index in [2.05, 4.69) is 25.3 Å². The van der Waals surface area contributed by atoms with Crippen LogP contribution in [-0.4, -0.2) is 23.4 Å². The van der Waals surface area contributed by atoms with E-state index in [1.807, 2.05) is 4.90 Å². The van der Waals surface area contributed by atoms with Gasteiger partial charge in [-0.3, -0.25) is 4.79 Å². The van der Waals surface area contributed by atoms with Crippen LogP contribution in [0.4, 0.5) is 0 Å². The number of fused-ring (bicyclic) bond motifs is 1. The number of hydrogen-bond acceptors (Lipinski definition) is 3. The van der Waals surface area contributed by atoms with Gasteiger partial charge in [0.25, 0.3) is 0 Å². The molecule has 0 saturated carbocycles. The van der Waals surface area contributed by atoms with Gasteiger partial charge in [0, 0.05) is 11.4 Å². The van der Waals surface area contributed by atoms with Crippen LogP contribution in [0.2, 0.25) is 0 Å². The van der Waals surface area contributed by atoms with E-state index in [0.29, 0.717) is 0 Å². The highest BCUT2D eigenvalue weighted by Gasteiger charge is 2.30. The lowest BCUT2D eigenvalue weighted by molar-refractivity contribution is -0.135. The van der Waals surface area contributed by atoms with Gasteiger partial charge in [-0.15, -0.1) is 11.3 Å². The van der Waals surface area contributed by atoms with Crippen LogP contribution in [0.1, 0.15) is 49.6 Å². The van der Waals surface area contributed by atoms with Gasteiger partial charge in [0.05, 0.1) is 12.1 Å². The molecule has 1 aromatic heterocycles. The molecule has 100 valence electrons. The molecule has 1 aliphatic heterocycles. The first-order valence-electron chi connectivity index (χ1n) is 6.77. The minimum Gasteiger partial charge on any atom is -0.334 e. The van der Waals surface area contributed by atoms with E-state index in [-0.39, 0.29) is 18.0 Å². The number of carbonyl (C=O) groups is 1. The summed E-state index contributed by atoms with van der Waals surface area (Å²) in [6.07, 6.45) is 3.89. The van der Waals surface area contributed by atoms with E-state index < -0.39 is 0 Å². The molecule has 1 unspecified atom stereocenters. The third-order valence-electron chi connectivity index (χ3n) is 3.75. The normalized spacial score (nSPS) is 20.6. The van der Waals surface area contributed by atoms with Crippen molar-refractivity contribution < 1.29 is 4.79 Å². The Morgan fingerprint density at radius 3 is 3.17 bits per heavy atom. The third-order valence-corrected chi connectivity index (χ3v) is 4.74. The van der Waals surface area contributed by atoms with Crippen molar-refractivity contribution in [3.05, 3.63) is 21.9 Å². The minimum atomic E-state index is -0.326. The molecular weight excluding hydrogens is 244 g/mol. The maximum atomic E-state index is 12.4. The van der Waals surface area contributed by atoms with E-state index in [1.165, 1.54) is 10.4 Å². The molecule has 0 saturated heterocycles. The second-order valence-corrected chi connectivity index (χ2v) is 6.01. The molecule has 1 aromatic rings. The predicted octanol–water partition coefficient (Wildman–Crippen LogP) is 2.71. The number of nitrogens with zero attached hydrogens (tertiary/aromatic N) is 1. The van der Waals surface area contributed by atoms with Crippen molar-refractivity contribution in [2.45, 2.75) is 51.6 Å².